The number of aromatic nitrogens is 8. The zero-order valence-electron chi connectivity index (χ0n) is 30.9. The third-order valence-electron chi connectivity index (χ3n) is 10.9. The molecule has 2 aliphatic rings. The summed E-state index contributed by atoms with van der Waals surface area (Å²) in [7, 11) is 0. The van der Waals surface area contributed by atoms with E-state index in [1.807, 2.05) is 55.4 Å². The van der Waals surface area contributed by atoms with Gasteiger partial charge in [-0.05, 0) is 99.9 Å². The van der Waals surface area contributed by atoms with Crippen molar-refractivity contribution in [2.24, 2.45) is 0 Å². The standard InChI is InChI=1S/C40H24Cl8N8.Cu/c1-9-17-18(10(2)26(42)25(9)41)34-49-33(17)53-35-19-11(3)27(43)28(44)12(4)20(19)37(50-35)55-39-23-15(7)31(47)32(48)16(8)24(23)40(52-39)56-38-22-14(6)30(46)29(45)13(5)21(22)36(51-38)54-34;/h1-8H3;/q-2;+2. The molecular formula is C40H24Cl8CuN8. The summed E-state index contributed by atoms with van der Waals surface area (Å²) in [5, 5.41) is 5.54. The number of benzene rings is 4. The first kappa shape index (κ1) is 40.8. The first-order valence-corrected chi connectivity index (χ1v) is 20.1. The second-order valence-electron chi connectivity index (χ2n) is 14.0. The minimum atomic E-state index is 0. The largest absolute Gasteiger partial charge is 2.00 e. The third kappa shape index (κ3) is 5.61. The van der Waals surface area contributed by atoms with Crippen LogP contribution < -0.4 is 9.97 Å². The van der Waals surface area contributed by atoms with Crippen LogP contribution in [0.3, 0.4) is 0 Å². The SMILES string of the molecule is Cc1c(Cl)c(Cl)c(C)c2c1-c1nc-2nc2[n-]c(nc3nc(nc4[n-]c(n1)c1c(C)c(Cl)c(Cl)c(C)c41)-c1c(C)c(Cl)c(Cl)c(C)c1-3)c1c(C)c(Cl)c(Cl)c(C)c21.[Cu+2]. The molecule has 4 aromatic carbocycles. The Hall–Kier alpha value is -2.92. The van der Waals surface area contributed by atoms with Gasteiger partial charge in [0.05, 0.1) is 63.5 Å². The maximum atomic E-state index is 6.85. The number of rotatable bonds is 0. The molecule has 0 N–H and O–H groups in total. The zero-order chi connectivity index (χ0) is 40.1. The van der Waals surface area contributed by atoms with Gasteiger partial charge in [0.25, 0.3) is 0 Å². The number of hydrogen-bond donors (Lipinski definition) is 0. The zero-order valence-corrected chi connectivity index (χ0v) is 37.9. The van der Waals surface area contributed by atoms with Gasteiger partial charge in [-0.2, -0.15) is 0 Å². The second kappa shape index (κ2) is 14.1. The predicted molar refractivity (Wildman–Crippen MR) is 232 cm³/mol. The Balaban J connectivity index is 0.00000455. The smallest absolute Gasteiger partial charge is 0.357 e. The Morgan fingerprint density at radius 2 is 0.456 bits per heavy atom. The molecule has 0 aliphatic carbocycles. The molecule has 291 valence electrons. The molecule has 0 saturated carbocycles. The van der Waals surface area contributed by atoms with E-state index in [0.29, 0.717) is 174 Å². The molecule has 0 amide bonds. The molecule has 0 unspecified atom stereocenters. The molecule has 17 heteroatoms. The average molecular weight is 964 g/mol. The van der Waals surface area contributed by atoms with Crippen LogP contribution in [0.4, 0.5) is 0 Å². The Bertz CT molecular complexity index is 2810. The van der Waals surface area contributed by atoms with E-state index in [-0.39, 0.29) is 17.1 Å². The van der Waals surface area contributed by atoms with E-state index in [0.717, 1.165) is 0 Å². The Labute approximate surface area is 376 Å². The van der Waals surface area contributed by atoms with Gasteiger partial charge in [0, 0.05) is 66.4 Å². The number of fused-ring (bicyclic) bond motifs is 20. The van der Waals surface area contributed by atoms with Crippen molar-refractivity contribution in [2.45, 2.75) is 55.4 Å². The van der Waals surface area contributed by atoms with E-state index in [1.165, 1.54) is 0 Å². The summed E-state index contributed by atoms with van der Waals surface area (Å²) in [6, 6.07) is 0. The molecule has 7 aromatic rings. The van der Waals surface area contributed by atoms with Crippen LogP contribution in [0.15, 0.2) is 0 Å². The summed E-state index contributed by atoms with van der Waals surface area (Å²) in [4.78, 5) is 40.7. The normalized spacial score (nSPS) is 12.1. The van der Waals surface area contributed by atoms with Gasteiger partial charge in [0.15, 0.2) is 0 Å². The molecule has 2 aliphatic heterocycles. The summed E-state index contributed by atoms with van der Waals surface area (Å²) in [5.74, 6) is 1.23. The Morgan fingerprint density at radius 3 is 0.649 bits per heavy atom. The van der Waals surface area contributed by atoms with E-state index in [9.17, 15) is 0 Å². The summed E-state index contributed by atoms with van der Waals surface area (Å²) >= 11 is 54.8. The van der Waals surface area contributed by atoms with Gasteiger partial charge in [-0.3, -0.25) is 0 Å². The maximum absolute atomic E-state index is 6.85. The molecule has 9 rings (SSSR count). The molecule has 0 atom stereocenters. The minimum Gasteiger partial charge on any atom is -0.357 e. The predicted octanol–water partition coefficient (Wildman–Crippen LogP) is 13.8. The van der Waals surface area contributed by atoms with Crippen molar-refractivity contribution in [1.82, 2.24) is 39.9 Å². The molecule has 57 heavy (non-hydrogen) atoms. The van der Waals surface area contributed by atoms with Gasteiger partial charge < -0.3 is 29.9 Å². The molecule has 1 radical (unpaired) electrons. The third-order valence-corrected chi connectivity index (χ3v) is 15.1. The summed E-state index contributed by atoms with van der Waals surface area (Å²) in [6.07, 6.45) is 0. The van der Waals surface area contributed by atoms with E-state index < -0.39 is 0 Å². The number of nitrogens with zero attached hydrogens (tertiary/aromatic N) is 8. The fourth-order valence-electron chi connectivity index (χ4n) is 7.83. The van der Waals surface area contributed by atoms with Crippen LogP contribution in [0.25, 0.3) is 89.7 Å². The van der Waals surface area contributed by atoms with Crippen LogP contribution in [0.5, 0.6) is 0 Å². The molecule has 8 nitrogen and oxygen atoms in total. The van der Waals surface area contributed by atoms with Crippen LogP contribution in [0.1, 0.15) is 44.5 Å². The molecule has 0 fully saturated rings. The number of halogens is 8. The van der Waals surface area contributed by atoms with Crippen molar-refractivity contribution < 1.29 is 17.1 Å². The van der Waals surface area contributed by atoms with Crippen LogP contribution in [0.2, 0.25) is 40.2 Å². The molecule has 3 aromatic heterocycles. The summed E-state index contributed by atoms with van der Waals surface area (Å²) < 4.78 is 0. The van der Waals surface area contributed by atoms with E-state index >= 15 is 0 Å². The van der Waals surface area contributed by atoms with E-state index in [4.69, 9.17) is 133 Å². The van der Waals surface area contributed by atoms with Crippen molar-refractivity contribution >= 4 is 137 Å². The van der Waals surface area contributed by atoms with E-state index in [1.54, 1.807) is 0 Å². The van der Waals surface area contributed by atoms with Gasteiger partial charge in [-0.25, -0.2) is 9.97 Å². The maximum Gasteiger partial charge on any atom is 2.00 e. The molecule has 8 bridgehead atoms. The van der Waals surface area contributed by atoms with Crippen molar-refractivity contribution in [1.29, 1.82) is 0 Å². The second-order valence-corrected chi connectivity index (χ2v) is 17.0. The fraction of sp³-hybridized carbons (Fsp3) is 0.200. The minimum absolute atomic E-state index is 0. The van der Waals surface area contributed by atoms with Crippen molar-refractivity contribution in [2.75, 3.05) is 0 Å². The van der Waals surface area contributed by atoms with Gasteiger partial charge in [0.2, 0.25) is 0 Å². The van der Waals surface area contributed by atoms with Crippen molar-refractivity contribution in [3.8, 4) is 45.6 Å². The summed E-state index contributed by atoms with van der Waals surface area (Å²) in [6.45, 7) is 14.9. The van der Waals surface area contributed by atoms with Crippen LogP contribution in [-0.2, 0) is 17.1 Å². The van der Waals surface area contributed by atoms with Gasteiger partial charge in [0.1, 0.15) is 0 Å². The molecule has 0 spiro atoms. The molecular weight excluding hydrogens is 940 g/mol. The topological polar surface area (TPSA) is 106 Å². The van der Waals surface area contributed by atoms with Gasteiger partial charge in [-0.1, -0.05) is 92.8 Å². The Morgan fingerprint density at radius 1 is 0.281 bits per heavy atom. The van der Waals surface area contributed by atoms with Crippen LogP contribution in [-0.4, -0.2) is 29.9 Å². The fourth-order valence-corrected chi connectivity index (χ4v) is 9.72. The van der Waals surface area contributed by atoms with Crippen LogP contribution in [0, 0.1) is 55.4 Å². The number of aryl methyl sites for hydroxylation is 4. The Kier molecular flexibility index (Phi) is 10.1. The number of hydrogen-bond acceptors (Lipinski definition) is 6. The monoisotopic (exact) mass is 959 g/mol. The van der Waals surface area contributed by atoms with Gasteiger partial charge >= 0.3 is 17.1 Å². The summed E-state index contributed by atoms with van der Waals surface area (Å²) in [5.41, 5.74) is 9.10. The molecule has 0 saturated heterocycles. The molecule has 5 heterocycles. The first-order valence-electron chi connectivity index (χ1n) is 17.1. The van der Waals surface area contributed by atoms with Crippen molar-refractivity contribution in [3.63, 3.8) is 0 Å². The quantitative estimate of drug-likeness (QED) is 0.138. The van der Waals surface area contributed by atoms with Crippen LogP contribution >= 0.6 is 92.8 Å². The van der Waals surface area contributed by atoms with E-state index in [2.05, 4.69) is 0 Å². The average Bonchev–Trinajstić information content (AvgIpc) is 3.92. The van der Waals surface area contributed by atoms with Crippen molar-refractivity contribution in [3.05, 3.63) is 84.7 Å². The first-order chi connectivity index (χ1) is 26.4. The van der Waals surface area contributed by atoms with Gasteiger partial charge in [-0.15, -0.1) is 0 Å².